The fourth-order valence-electron chi connectivity index (χ4n) is 2.80. The van der Waals surface area contributed by atoms with Crippen LogP contribution in [0.1, 0.15) is 30.9 Å². The summed E-state index contributed by atoms with van der Waals surface area (Å²) in [6.07, 6.45) is 3.41. The second-order valence-corrected chi connectivity index (χ2v) is 5.48. The predicted octanol–water partition coefficient (Wildman–Crippen LogP) is 1.89. The van der Waals surface area contributed by atoms with Crippen LogP contribution in [0, 0.1) is 11.3 Å². The molecule has 1 aromatic heterocycles. The lowest BCUT2D eigenvalue weighted by atomic mass is 9.80. The van der Waals surface area contributed by atoms with Gasteiger partial charge in [-0.15, -0.1) is 0 Å². The van der Waals surface area contributed by atoms with Gasteiger partial charge in [0, 0.05) is 31.7 Å². The molecule has 2 N–H and O–H groups in total. The SMILES string of the molecule is Cn1cc(Cl)c(C2C(C#N)=C(N)OC3=C2C(=O)CCC3)n1. The van der Waals surface area contributed by atoms with Crippen molar-refractivity contribution in [2.24, 2.45) is 12.8 Å². The molecule has 2 aliphatic rings. The quantitative estimate of drug-likeness (QED) is 0.855. The number of carbonyl (C=O) groups is 1. The smallest absolute Gasteiger partial charge is 0.205 e. The molecule has 0 amide bonds. The molecule has 0 radical (unpaired) electrons. The average Bonchev–Trinajstić information content (AvgIpc) is 2.76. The van der Waals surface area contributed by atoms with Gasteiger partial charge in [0.05, 0.1) is 16.6 Å². The van der Waals surface area contributed by atoms with Crippen LogP contribution >= 0.6 is 11.6 Å². The van der Waals surface area contributed by atoms with E-state index in [-0.39, 0.29) is 17.2 Å². The number of rotatable bonds is 1. The van der Waals surface area contributed by atoms with E-state index < -0.39 is 5.92 Å². The maximum Gasteiger partial charge on any atom is 0.205 e. The lowest BCUT2D eigenvalue weighted by Gasteiger charge is -2.29. The molecule has 7 heteroatoms. The predicted molar refractivity (Wildman–Crippen MR) is 74.8 cm³/mol. The van der Waals surface area contributed by atoms with Gasteiger partial charge in [-0.3, -0.25) is 9.48 Å². The number of aryl methyl sites for hydroxylation is 1. The van der Waals surface area contributed by atoms with Crippen molar-refractivity contribution in [1.82, 2.24) is 9.78 Å². The topological polar surface area (TPSA) is 93.9 Å². The van der Waals surface area contributed by atoms with Crippen LogP contribution in [0.3, 0.4) is 0 Å². The first kappa shape index (κ1) is 13.7. The Hall–Kier alpha value is -2.26. The summed E-state index contributed by atoms with van der Waals surface area (Å²) >= 11 is 6.20. The number of Topliss-reactive ketones (excluding diaryl/α,β-unsaturated/α-hetero) is 1. The molecule has 0 bridgehead atoms. The second-order valence-electron chi connectivity index (χ2n) is 5.07. The Labute approximate surface area is 126 Å². The van der Waals surface area contributed by atoms with Gasteiger partial charge in [0.1, 0.15) is 17.4 Å². The Morgan fingerprint density at radius 1 is 1.57 bits per heavy atom. The van der Waals surface area contributed by atoms with E-state index in [0.717, 1.165) is 6.42 Å². The van der Waals surface area contributed by atoms with Gasteiger partial charge in [-0.1, -0.05) is 11.6 Å². The van der Waals surface area contributed by atoms with Crippen molar-refractivity contribution >= 4 is 17.4 Å². The van der Waals surface area contributed by atoms with Crippen LogP contribution in [0.5, 0.6) is 0 Å². The molecule has 6 nitrogen and oxygen atoms in total. The maximum atomic E-state index is 12.3. The third kappa shape index (κ3) is 2.10. The minimum Gasteiger partial charge on any atom is -0.444 e. The normalized spacial score (nSPS) is 22.0. The van der Waals surface area contributed by atoms with Crippen molar-refractivity contribution in [3.8, 4) is 6.07 Å². The number of nitriles is 1. The Morgan fingerprint density at radius 2 is 2.33 bits per heavy atom. The van der Waals surface area contributed by atoms with Crippen molar-refractivity contribution in [1.29, 1.82) is 5.26 Å². The molecule has 1 atom stereocenters. The Kier molecular flexibility index (Phi) is 3.22. The lowest BCUT2D eigenvalue weighted by molar-refractivity contribution is -0.116. The number of ketones is 1. The minimum atomic E-state index is -0.639. The van der Waals surface area contributed by atoms with Gasteiger partial charge in [0.15, 0.2) is 5.78 Å². The molecule has 1 unspecified atom stereocenters. The standard InChI is InChI=1S/C14H13ClN4O2/c1-19-6-8(15)13(18-19)11-7(5-16)14(17)21-10-4-2-3-9(20)12(10)11/h6,11H,2-4,17H2,1H3. The Morgan fingerprint density at radius 3 is 2.95 bits per heavy atom. The van der Waals surface area contributed by atoms with Crippen molar-refractivity contribution in [3.05, 3.63) is 39.7 Å². The van der Waals surface area contributed by atoms with Crippen LogP contribution in [-0.4, -0.2) is 15.6 Å². The van der Waals surface area contributed by atoms with E-state index in [1.54, 1.807) is 17.9 Å². The molecule has 0 spiro atoms. The third-order valence-electron chi connectivity index (χ3n) is 3.69. The zero-order chi connectivity index (χ0) is 15.1. The highest BCUT2D eigenvalue weighted by molar-refractivity contribution is 6.31. The van der Waals surface area contributed by atoms with Gasteiger partial charge in [-0.05, 0) is 6.42 Å². The van der Waals surface area contributed by atoms with E-state index in [4.69, 9.17) is 22.1 Å². The molecule has 0 saturated carbocycles. The van der Waals surface area contributed by atoms with Crippen molar-refractivity contribution in [2.75, 3.05) is 0 Å². The number of carbonyl (C=O) groups excluding carboxylic acids is 1. The van der Waals surface area contributed by atoms with E-state index in [9.17, 15) is 10.1 Å². The van der Waals surface area contributed by atoms with Crippen LogP contribution in [0.2, 0.25) is 5.02 Å². The highest BCUT2D eigenvalue weighted by atomic mass is 35.5. The summed E-state index contributed by atoms with van der Waals surface area (Å²) in [5, 5.41) is 14.1. The molecule has 3 rings (SSSR count). The van der Waals surface area contributed by atoms with Crippen LogP contribution in [0.4, 0.5) is 0 Å². The number of ether oxygens (including phenoxy) is 1. The summed E-state index contributed by atoms with van der Waals surface area (Å²) in [7, 11) is 1.73. The molecule has 0 saturated heterocycles. The fraction of sp³-hybridized carbons (Fsp3) is 0.357. The van der Waals surface area contributed by atoms with Gasteiger partial charge in [0.2, 0.25) is 5.88 Å². The van der Waals surface area contributed by atoms with Crippen LogP contribution in [0.25, 0.3) is 0 Å². The fourth-order valence-corrected chi connectivity index (χ4v) is 3.09. The zero-order valence-corrected chi connectivity index (χ0v) is 12.1. The van der Waals surface area contributed by atoms with Crippen molar-refractivity contribution in [2.45, 2.75) is 25.2 Å². The van der Waals surface area contributed by atoms with E-state index in [1.807, 2.05) is 6.07 Å². The monoisotopic (exact) mass is 304 g/mol. The number of nitrogens with two attached hydrogens (primary N) is 1. The van der Waals surface area contributed by atoms with Crippen LogP contribution in [0.15, 0.2) is 29.0 Å². The number of aromatic nitrogens is 2. The minimum absolute atomic E-state index is 0.0256. The number of hydrogen-bond donors (Lipinski definition) is 1. The number of halogens is 1. The second kappa shape index (κ2) is 4.93. The molecule has 1 aliphatic carbocycles. The van der Waals surface area contributed by atoms with E-state index in [0.29, 0.717) is 34.9 Å². The van der Waals surface area contributed by atoms with E-state index >= 15 is 0 Å². The number of allylic oxidation sites excluding steroid dienone is 3. The van der Waals surface area contributed by atoms with Gasteiger partial charge in [0.25, 0.3) is 0 Å². The molecule has 1 aliphatic heterocycles. The summed E-state index contributed by atoms with van der Waals surface area (Å²) in [6, 6.07) is 2.03. The third-order valence-corrected chi connectivity index (χ3v) is 3.98. The van der Waals surface area contributed by atoms with E-state index in [1.165, 1.54) is 0 Å². The van der Waals surface area contributed by atoms with Gasteiger partial charge in [-0.2, -0.15) is 10.4 Å². The van der Waals surface area contributed by atoms with Crippen LogP contribution in [-0.2, 0) is 16.6 Å². The molecule has 2 heterocycles. The summed E-state index contributed by atoms with van der Waals surface area (Å²) in [4.78, 5) is 12.3. The summed E-state index contributed by atoms with van der Waals surface area (Å²) in [5.41, 5.74) is 6.95. The van der Waals surface area contributed by atoms with Gasteiger partial charge >= 0.3 is 0 Å². The molecule has 0 fully saturated rings. The summed E-state index contributed by atoms with van der Waals surface area (Å²) < 4.78 is 7.03. The first-order valence-electron chi connectivity index (χ1n) is 6.55. The average molecular weight is 305 g/mol. The molecule has 108 valence electrons. The molecular weight excluding hydrogens is 292 g/mol. The molecule has 0 aromatic carbocycles. The highest BCUT2D eigenvalue weighted by Crippen LogP contribution is 2.44. The van der Waals surface area contributed by atoms with Crippen LogP contribution < -0.4 is 5.73 Å². The van der Waals surface area contributed by atoms with E-state index in [2.05, 4.69) is 5.10 Å². The highest BCUT2D eigenvalue weighted by Gasteiger charge is 2.40. The summed E-state index contributed by atoms with van der Waals surface area (Å²) in [6.45, 7) is 0. The number of hydrogen-bond acceptors (Lipinski definition) is 5. The van der Waals surface area contributed by atoms with Gasteiger partial charge in [-0.25, -0.2) is 0 Å². The largest absolute Gasteiger partial charge is 0.444 e. The number of nitrogens with zero attached hydrogens (tertiary/aromatic N) is 3. The Bertz CT molecular complexity index is 739. The van der Waals surface area contributed by atoms with Gasteiger partial charge < -0.3 is 10.5 Å². The lowest BCUT2D eigenvalue weighted by Crippen LogP contribution is -2.27. The first-order chi connectivity index (χ1) is 10.0. The molecule has 21 heavy (non-hydrogen) atoms. The summed E-state index contributed by atoms with van der Waals surface area (Å²) in [5.74, 6) is -0.115. The molecular formula is C14H13ClN4O2. The first-order valence-corrected chi connectivity index (χ1v) is 6.93. The molecule has 1 aromatic rings. The van der Waals surface area contributed by atoms with Crippen molar-refractivity contribution in [3.63, 3.8) is 0 Å². The Balaban J connectivity index is 2.22. The maximum absolute atomic E-state index is 12.3. The van der Waals surface area contributed by atoms with Crippen molar-refractivity contribution < 1.29 is 9.53 Å². The zero-order valence-electron chi connectivity index (χ0n) is 11.4.